The Morgan fingerprint density at radius 3 is 3.12 bits per heavy atom. The lowest BCUT2D eigenvalue weighted by molar-refractivity contribution is -0.124. The molecule has 0 aliphatic heterocycles. The lowest BCUT2D eigenvalue weighted by atomic mass is 10.4. The topological polar surface area (TPSA) is 55.6 Å². The first-order valence-electron chi connectivity index (χ1n) is 5.09. The van der Waals surface area contributed by atoms with E-state index in [2.05, 4.69) is 10.3 Å². The van der Waals surface area contributed by atoms with Crippen LogP contribution in [0.1, 0.15) is 5.69 Å². The van der Waals surface area contributed by atoms with Crippen LogP contribution in [-0.2, 0) is 16.1 Å². The summed E-state index contributed by atoms with van der Waals surface area (Å²) >= 11 is 6.00. The molecule has 0 fully saturated rings. The van der Waals surface area contributed by atoms with Gasteiger partial charge in [-0.15, -0.1) is 0 Å². The van der Waals surface area contributed by atoms with Gasteiger partial charge in [0.15, 0.2) is 0 Å². The molecule has 17 heavy (non-hydrogen) atoms. The van der Waals surface area contributed by atoms with Crippen molar-refractivity contribution in [1.82, 2.24) is 14.7 Å². The molecule has 0 aliphatic carbocycles. The fourth-order valence-corrected chi connectivity index (χ4v) is 1.69. The SMILES string of the molecule is COCC(=O)NCc1cn2c(Cl)cccc2n1. The van der Waals surface area contributed by atoms with Crippen LogP contribution in [0.3, 0.4) is 0 Å². The number of ether oxygens (including phenoxy) is 1. The highest BCUT2D eigenvalue weighted by atomic mass is 35.5. The van der Waals surface area contributed by atoms with Crippen molar-refractivity contribution >= 4 is 23.2 Å². The minimum Gasteiger partial charge on any atom is -0.375 e. The molecule has 6 heteroatoms. The first-order valence-corrected chi connectivity index (χ1v) is 5.46. The van der Waals surface area contributed by atoms with Gasteiger partial charge in [0.25, 0.3) is 0 Å². The van der Waals surface area contributed by atoms with Crippen molar-refractivity contribution < 1.29 is 9.53 Å². The Morgan fingerprint density at radius 1 is 1.59 bits per heavy atom. The average molecular weight is 254 g/mol. The number of nitrogens with zero attached hydrogens (tertiary/aromatic N) is 2. The minimum absolute atomic E-state index is 0.0497. The molecular weight excluding hydrogens is 242 g/mol. The van der Waals surface area contributed by atoms with E-state index in [1.807, 2.05) is 12.1 Å². The fraction of sp³-hybridized carbons (Fsp3) is 0.273. The molecule has 0 spiro atoms. The van der Waals surface area contributed by atoms with E-state index >= 15 is 0 Å². The van der Waals surface area contributed by atoms with E-state index in [9.17, 15) is 4.79 Å². The van der Waals surface area contributed by atoms with Gasteiger partial charge in [0, 0.05) is 13.3 Å². The van der Waals surface area contributed by atoms with Crippen molar-refractivity contribution in [2.24, 2.45) is 0 Å². The standard InChI is InChI=1S/C11H12ClN3O2/c1-17-7-11(16)13-5-8-6-15-9(12)3-2-4-10(15)14-8/h2-4,6H,5,7H2,1H3,(H,13,16). The second-order valence-corrected chi connectivity index (χ2v) is 3.91. The van der Waals surface area contributed by atoms with Crippen molar-refractivity contribution in [3.05, 3.63) is 35.2 Å². The van der Waals surface area contributed by atoms with Crippen LogP contribution in [0.25, 0.3) is 5.65 Å². The maximum Gasteiger partial charge on any atom is 0.246 e. The fourth-order valence-electron chi connectivity index (χ4n) is 1.48. The molecule has 0 saturated heterocycles. The summed E-state index contributed by atoms with van der Waals surface area (Å²) in [4.78, 5) is 15.5. The quantitative estimate of drug-likeness (QED) is 0.835. The molecule has 0 radical (unpaired) electrons. The zero-order chi connectivity index (χ0) is 12.3. The summed E-state index contributed by atoms with van der Waals surface area (Å²) in [7, 11) is 1.48. The number of imidazole rings is 1. The second-order valence-electron chi connectivity index (χ2n) is 3.52. The number of halogens is 1. The van der Waals surface area contributed by atoms with Crippen LogP contribution in [-0.4, -0.2) is 29.0 Å². The number of amides is 1. The number of nitrogens with one attached hydrogen (secondary N) is 1. The Bertz CT molecular complexity index is 538. The lowest BCUT2D eigenvalue weighted by Gasteiger charge is -2.00. The molecule has 2 heterocycles. The summed E-state index contributed by atoms with van der Waals surface area (Å²) in [6.07, 6.45) is 1.80. The molecule has 0 saturated carbocycles. The van der Waals surface area contributed by atoms with Crippen LogP contribution in [0.2, 0.25) is 5.15 Å². The number of aromatic nitrogens is 2. The predicted octanol–water partition coefficient (Wildman–Crippen LogP) is 1.25. The van der Waals surface area contributed by atoms with Gasteiger partial charge >= 0.3 is 0 Å². The van der Waals surface area contributed by atoms with Crippen LogP contribution < -0.4 is 5.32 Å². The molecule has 0 bridgehead atoms. The summed E-state index contributed by atoms with van der Waals surface area (Å²) in [6, 6.07) is 5.47. The van der Waals surface area contributed by atoms with Crippen LogP contribution in [0.4, 0.5) is 0 Å². The van der Waals surface area contributed by atoms with E-state index in [1.165, 1.54) is 7.11 Å². The Labute approximate surface area is 103 Å². The van der Waals surface area contributed by atoms with Crippen molar-refractivity contribution in [1.29, 1.82) is 0 Å². The molecule has 0 atom stereocenters. The third-order valence-electron chi connectivity index (χ3n) is 2.23. The van der Waals surface area contributed by atoms with E-state index in [-0.39, 0.29) is 12.5 Å². The van der Waals surface area contributed by atoms with Gasteiger partial charge in [0.2, 0.25) is 5.91 Å². The second kappa shape index (κ2) is 5.16. The highest BCUT2D eigenvalue weighted by molar-refractivity contribution is 6.29. The predicted molar refractivity (Wildman–Crippen MR) is 63.9 cm³/mol. The van der Waals surface area contributed by atoms with Crippen LogP contribution in [0.15, 0.2) is 24.4 Å². The number of hydrogen-bond acceptors (Lipinski definition) is 3. The summed E-state index contributed by atoms with van der Waals surface area (Å²) in [5.41, 5.74) is 1.51. The smallest absolute Gasteiger partial charge is 0.246 e. The molecule has 0 aliphatic rings. The van der Waals surface area contributed by atoms with E-state index in [4.69, 9.17) is 16.3 Å². The van der Waals surface area contributed by atoms with Crippen molar-refractivity contribution in [3.63, 3.8) is 0 Å². The number of rotatable bonds is 4. The van der Waals surface area contributed by atoms with Gasteiger partial charge in [-0.3, -0.25) is 9.20 Å². The summed E-state index contributed by atoms with van der Waals surface area (Å²) < 4.78 is 6.47. The Hall–Kier alpha value is -1.59. The van der Waals surface area contributed by atoms with Gasteiger partial charge in [-0.25, -0.2) is 4.98 Å². The number of carbonyl (C=O) groups is 1. The molecule has 2 aromatic rings. The molecule has 1 amide bonds. The number of pyridine rings is 1. The molecule has 0 unspecified atom stereocenters. The van der Waals surface area contributed by atoms with Crippen molar-refractivity contribution in [2.75, 3.05) is 13.7 Å². The van der Waals surface area contributed by atoms with Crippen LogP contribution >= 0.6 is 11.6 Å². The van der Waals surface area contributed by atoms with Gasteiger partial charge < -0.3 is 10.1 Å². The molecule has 0 aromatic carbocycles. The number of fused-ring (bicyclic) bond motifs is 1. The maximum atomic E-state index is 11.2. The van der Waals surface area contributed by atoms with E-state index in [1.54, 1.807) is 16.7 Å². The molecule has 1 N–H and O–H groups in total. The summed E-state index contributed by atoms with van der Waals surface area (Å²) in [6.45, 7) is 0.411. The zero-order valence-electron chi connectivity index (χ0n) is 9.31. The van der Waals surface area contributed by atoms with Gasteiger partial charge in [0.1, 0.15) is 17.4 Å². The molecule has 2 rings (SSSR count). The zero-order valence-corrected chi connectivity index (χ0v) is 10.1. The molecule has 90 valence electrons. The monoisotopic (exact) mass is 253 g/mol. The first kappa shape index (κ1) is 11.9. The maximum absolute atomic E-state index is 11.2. The van der Waals surface area contributed by atoms with Crippen LogP contribution in [0, 0.1) is 0 Å². The van der Waals surface area contributed by atoms with E-state index in [0.29, 0.717) is 11.7 Å². The summed E-state index contributed by atoms with van der Waals surface area (Å²) in [5.74, 6) is -0.171. The largest absolute Gasteiger partial charge is 0.375 e. The van der Waals surface area contributed by atoms with E-state index < -0.39 is 0 Å². The van der Waals surface area contributed by atoms with Gasteiger partial charge in [0.05, 0.1) is 12.2 Å². The Morgan fingerprint density at radius 2 is 2.41 bits per heavy atom. The lowest BCUT2D eigenvalue weighted by Crippen LogP contribution is -2.26. The normalized spacial score (nSPS) is 10.7. The van der Waals surface area contributed by atoms with Gasteiger partial charge in [-0.05, 0) is 12.1 Å². The third-order valence-corrected chi connectivity index (χ3v) is 2.54. The van der Waals surface area contributed by atoms with Crippen molar-refractivity contribution in [2.45, 2.75) is 6.54 Å². The van der Waals surface area contributed by atoms with Gasteiger partial charge in [-0.2, -0.15) is 0 Å². The van der Waals surface area contributed by atoms with Crippen LogP contribution in [0.5, 0.6) is 0 Å². The summed E-state index contributed by atoms with van der Waals surface area (Å²) in [5, 5.41) is 3.28. The highest BCUT2D eigenvalue weighted by Gasteiger charge is 2.05. The third kappa shape index (κ3) is 2.75. The minimum atomic E-state index is -0.171. The Kier molecular flexibility index (Phi) is 3.61. The molecule has 2 aromatic heterocycles. The van der Waals surface area contributed by atoms with Gasteiger partial charge in [-0.1, -0.05) is 17.7 Å². The number of methoxy groups -OCH3 is 1. The molecular formula is C11H12ClN3O2. The number of hydrogen-bond donors (Lipinski definition) is 1. The Balaban J connectivity index is 2.10. The molecule has 5 nitrogen and oxygen atoms in total. The number of carbonyl (C=O) groups excluding carboxylic acids is 1. The average Bonchev–Trinajstić information content (AvgIpc) is 2.71. The first-order chi connectivity index (χ1) is 8.20. The van der Waals surface area contributed by atoms with E-state index in [0.717, 1.165) is 11.3 Å². The van der Waals surface area contributed by atoms with Crippen molar-refractivity contribution in [3.8, 4) is 0 Å². The highest BCUT2D eigenvalue weighted by Crippen LogP contribution is 2.13.